The Balaban J connectivity index is 2.67. The molecule has 2 rings (SSSR count). The summed E-state index contributed by atoms with van der Waals surface area (Å²) in [6.07, 6.45) is 0. The highest BCUT2D eigenvalue weighted by Crippen LogP contribution is 2.26. The number of benzene rings is 1. The van der Waals surface area contributed by atoms with Gasteiger partial charge in [-0.05, 0) is 25.1 Å². The molecule has 1 aromatic carbocycles. The first-order valence-corrected chi connectivity index (χ1v) is 4.75. The summed E-state index contributed by atoms with van der Waals surface area (Å²) in [5.41, 5.74) is 6.80. The maximum atomic E-state index is 13.5. The van der Waals surface area contributed by atoms with Crippen molar-refractivity contribution in [1.82, 2.24) is 9.55 Å². The maximum absolute atomic E-state index is 13.5. The van der Waals surface area contributed by atoms with E-state index in [2.05, 4.69) is 4.98 Å². The number of hydrogen-bond donors (Lipinski definition) is 1. The van der Waals surface area contributed by atoms with Crippen molar-refractivity contribution in [3.05, 3.63) is 35.5 Å². The molecular formula is C11H11F2N3. The van der Waals surface area contributed by atoms with Crippen molar-refractivity contribution in [2.45, 2.75) is 6.92 Å². The predicted octanol–water partition coefficient (Wildman–Crippen LogP) is 2.26. The number of hydrogen-bond acceptors (Lipinski definition) is 2. The minimum absolute atomic E-state index is 0.129. The standard InChI is InChI=1S/C11H11F2N3/c1-6-10(15-11(14)16(6)2)8-5-7(12)3-4-9(8)13/h3-5H,1-2H3,(H2,14,15). The van der Waals surface area contributed by atoms with Gasteiger partial charge in [0.25, 0.3) is 0 Å². The van der Waals surface area contributed by atoms with Gasteiger partial charge in [-0.15, -0.1) is 0 Å². The maximum Gasteiger partial charge on any atom is 0.200 e. The normalized spacial score (nSPS) is 10.8. The molecule has 0 unspecified atom stereocenters. The van der Waals surface area contributed by atoms with Crippen molar-refractivity contribution in [3.8, 4) is 11.3 Å². The summed E-state index contributed by atoms with van der Waals surface area (Å²) in [6, 6.07) is 3.26. The quantitative estimate of drug-likeness (QED) is 0.805. The molecule has 2 N–H and O–H groups in total. The molecule has 5 heteroatoms. The van der Waals surface area contributed by atoms with Crippen LogP contribution in [0.1, 0.15) is 5.69 Å². The Bertz CT molecular complexity index is 546. The zero-order chi connectivity index (χ0) is 11.9. The lowest BCUT2D eigenvalue weighted by Gasteiger charge is -2.02. The number of nitrogen functional groups attached to an aromatic ring is 1. The number of rotatable bonds is 1. The summed E-state index contributed by atoms with van der Waals surface area (Å²) in [5, 5.41) is 0. The summed E-state index contributed by atoms with van der Waals surface area (Å²) in [7, 11) is 1.72. The third-order valence-electron chi connectivity index (χ3n) is 2.60. The minimum atomic E-state index is -0.511. The first kappa shape index (κ1) is 10.6. The van der Waals surface area contributed by atoms with Crippen LogP contribution in [0.3, 0.4) is 0 Å². The van der Waals surface area contributed by atoms with Crippen molar-refractivity contribution < 1.29 is 8.78 Å². The van der Waals surface area contributed by atoms with Crippen molar-refractivity contribution in [3.63, 3.8) is 0 Å². The van der Waals surface area contributed by atoms with Crippen LogP contribution in [0, 0.1) is 18.6 Å². The fourth-order valence-corrected chi connectivity index (χ4v) is 1.54. The molecule has 84 valence electrons. The monoisotopic (exact) mass is 223 g/mol. The summed E-state index contributed by atoms with van der Waals surface area (Å²) >= 11 is 0. The molecule has 0 aliphatic heterocycles. The van der Waals surface area contributed by atoms with Crippen molar-refractivity contribution in [2.75, 3.05) is 5.73 Å². The third kappa shape index (κ3) is 1.54. The van der Waals surface area contributed by atoms with Gasteiger partial charge in [-0.2, -0.15) is 0 Å². The number of imidazole rings is 1. The number of nitrogens with zero attached hydrogens (tertiary/aromatic N) is 2. The zero-order valence-electron chi connectivity index (χ0n) is 8.96. The van der Waals surface area contributed by atoms with E-state index in [0.29, 0.717) is 11.4 Å². The van der Waals surface area contributed by atoms with Crippen LogP contribution in [-0.2, 0) is 7.05 Å². The molecule has 1 heterocycles. The molecule has 0 radical (unpaired) electrons. The van der Waals surface area contributed by atoms with Crippen LogP contribution in [0.25, 0.3) is 11.3 Å². The molecule has 0 spiro atoms. The molecule has 0 saturated heterocycles. The Kier molecular flexibility index (Phi) is 2.38. The van der Waals surface area contributed by atoms with Gasteiger partial charge in [-0.25, -0.2) is 13.8 Å². The largest absolute Gasteiger partial charge is 0.369 e. The van der Waals surface area contributed by atoms with Gasteiger partial charge in [0.1, 0.15) is 11.6 Å². The first-order chi connectivity index (χ1) is 7.50. The number of aromatic nitrogens is 2. The fraction of sp³-hybridized carbons (Fsp3) is 0.182. The lowest BCUT2D eigenvalue weighted by atomic mass is 10.1. The lowest BCUT2D eigenvalue weighted by Crippen LogP contribution is -1.97. The van der Waals surface area contributed by atoms with Crippen LogP contribution in [0.15, 0.2) is 18.2 Å². The van der Waals surface area contributed by atoms with Crippen LogP contribution in [0.5, 0.6) is 0 Å². The Labute approximate surface area is 91.5 Å². The SMILES string of the molecule is Cc1c(-c2cc(F)ccc2F)nc(N)n1C. The molecule has 0 atom stereocenters. The van der Waals surface area contributed by atoms with E-state index in [0.717, 1.165) is 18.2 Å². The topological polar surface area (TPSA) is 43.8 Å². The molecule has 0 amide bonds. The first-order valence-electron chi connectivity index (χ1n) is 4.75. The van der Waals surface area contributed by atoms with Gasteiger partial charge in [0.15, 0.2) is 0 Å². The van der Waals surface area contributed by atoms with Crippen molar-refractivity contribution in [2.24, 2.45) is 7.05 Å². The van der Waals surface area contributed by atoms with E-state index >= 15 is 0 Å². The van der Waals surface area contributed by atoms with Gasteiger partial charge in [0, 0.05) is 18.3 Å². The number of anilines is 1. The third-order valence-corrected chi connectivity index (χ3v) is 2.60. The van der Waals surface area contributed by atoms with Gasteiger partial charge in [0.05, 0.1) is 5.69 Å². The van der Waals surface area contributed by atoms with E-state index in [1.165, 1.54) is 0 Å². The molecule has 2 aromatic rings. The van der Waals surface area contributed by atoms with Gasteiger partial charge < -0.3 is 10.3 Å². The second kappa shape index (κ2) is 3.59. The molecule has 16 heavy (non-hydrogen) atoms. The highest BCUT2D eigenvalue weighted by atomic mass is 19.1. The second-order valence-electron chi connectivity index (χ2n) is 3.59. The Hall–Kier alpha value is -1.91. The average Bonchev–Trinajstić information content (AvgIpc) is 2.50. The van der Waals surface area contributed by atoms with Gasteiger partial charge in [-0.3, -0.25) is 0 Å². The number of halogens is 2. The summed E-state index contributed by atoms with van der Waals surface area (Å²) < 4.78 is 28.2. The van der Waals surface area contributed by atoms with E-state index < -0.39 is 11.6 Å². The van der Waals surface area contributed by atoms with E-state index in [-0.39, 0.29) is 11.5 Å². The van der Waals surface area contributed by atoms with Gasteiger partial charge >= 0.3 is 0 Å². The molecule has 0 aliphatic rings. The molecule has 0 fully saturated rings. The summed E-state index contributed by atoms with van der Waals surface area (Å²) in [4.78, 5) is 4.02. The Morgan fingerprint density at radius 3 is 2.56 bits per heavy atom. The molecule has 3 nitrogen and oxygen atoms in total. The van der Waals surface area contributed by atoms with E-state index in [1.54, 1.807) is 18.5 Å². The van der Waals surface area contributed by atoms with Crippen LogP contribution >= 0.6 is 0 Å². The van der Waals surface area contributed by atoms with Crippen LogP contribution in [0.2, 0.25) is 0 Å². The lowest BCUT2D eigenvalue weighted by molar-refractivity contribution is 0.602. The number of nitrogens with two attached hydrogens (primary N) is 1. The molecule has 1 aromatic heterocycles. The summed E-state index contributed by atoms with van der Waals surface area (Å²) in [5.74, 6) is -0.737. The summed E-state index contributed by atoms with van der Waals surface area (Å²) in [6.45, 7) is 1.75. The fourth-order valence-electron chi connectivity index (χ4n) is 1.54. The van der Waals surface area contributed by atoms with Crippen molar-refractivity contribution in [1.29, 1.82) is 0 Å². The smallest absolute Gasteiger partial charge is 0.200 e. The highest BCUT2D eigenvalue weighted by molar-refractivity contribution is 5.64. The van der Waals surface area contributed by atoms with E-state index in [9.17, 15) is 8.78 Å². The Morgan fingerprint density at radius 2 is 2.00 bits per heavy atom. The molecule has 0 aliphatic carbocycles. The van der Waals surface area contributed by atoms with Gasteiger partial charge in [-0.1, -0.05) is 0 Å². The van der Waals surface area contributed by atoms with Gasteiger partial charge in [0.2, 0.25) is 5.95 Å². The minimum Gasteiger partial charge on any atom is -0.369 e. The second-order valence-corrected chi connectivity index (χ2v) is 3.59. The van der Waals surface area contributed by atoms with Crippen molar-refractivity contribution >= 4 is 5.95 Å². The Morgan fingerprint density at radius 1 is 1.31 bits per heavy atom. The van der Waals surface area contributed by atoms with Crippen LogP contribution in [-0.4, -0.2) is 9.55 Å². The molecule has 0 saturated carbocycles. The predicted molar refractivity (Wildman–Crippen MR) is 57.7 cm³/mol. The molecular weight excluding hydrogens is 212 g/mol. The van der Waals surface area contributed by atoms with E-state index in [1.807, 2.05) is 0 Å². The van der Waals surface area contributed by atoms with Crippen LogP contribution in [0.4, 0.5) is 14.7 Å². The average molecular weight is 223 g/mol. The zero-order valence-corrected chi connectivity index (χ0v) is 8.96. The van der Waals surface area contributed by atoms with E-state index in [4.69, 9.17) is 5.73 Å². The molecule has 0 bridgehead atoms. The highest BCUT2D eigenvalue weighted by Gasteiger charge is 2.15. The van der Waals surface area contributed by atoms with Crippen LogP contribution < -0.4 is 5.73 Å².